The normalized spacial score (nSPS) is 16.8. The number of thioether (sulfide) groups is 1. The average molecular weight is 746 g/mol. The van der Waals surface area contributed by atoms with E-state index in [4.69, 9.17) is 15.2 Å². The smallest absolute Gasteiger partial charge is 0.224 e. The molecule has 54 heavy (non-hydrogen) atoms. The lowest BCUT2D eigenvalue weighted by Crippen LogP contribution is -2.31. The third kappa shape index (κ3) is 11.5. The average Bonchev–Trinajstić information content (AvgIpc) is 3.22. The van der Waals surface area contributed by atoms with Crippen molar-refractivity contribution in [2.75, 3.05) is 16.8 Å². The summed E-state index contributed by atoms with van der Waals surface area (Å²) in [5.74, 6) is 0.652. The van der Waals surface area contributed by atoms with Gasteiger partial charge in [-0.2, -0.15) is 0 Å². The molecule has 2 heterocycles. The van der Waals surface area contributed by atoms with Gasteiger partial charge in [0, 0.05) is 49.5 Å². The number of ether oxygens (including phenoxy) is 2. The number of rotatable bonds is 17. The molecule has 11 heteroatoms. The highest BCUT2D eigenvalue weighted by Gasteiger charge is 2.32. The summed E-state index contributed by atoms with van der Waals surface area (Å²) in [4.78, 5) is 33.5. The molecule has 0 bridgehead atoms. The number of aliphatic hydroxyl groups excluding tert-OH is 1. The first-order valence-electron chi connectivity index (χ1n) is 18.4. The molecule has 0 unspecified atom stereocenters. The van der Waals surface area contributed by atoms with E-state index >= 15 is 0 Å². The standard InChI is InChI=1S/C43H47N5O5S/c44-37-11-5-6-12-38(37)48-41(51)14-4-2-1-3-13-40(50)47-27-31-9-7-10-35(25-31)32-19-21-34(22-20-32)42-52-36(29-54-43-45-23-8-24-46-43)26-39(53-42)33-17-15-30(28-49)16-18-33/h5-12,15-25,36,39,42,49H,1-4,13-14,26-29,44H2,(H,47,50)(H,48,51)/t36-,39+,42+/m1/s1. The number of aromatic nitrogens is 2. The lowest BCUT2D eigenvalue weighted by Gasteiger charge is -2.36. The highest BCUT2D eigenvalue weighted by atomic mass is 32.2. The number of hydrogen-bond donors (Lipinski definition) is 4. The number of aliphatic hydroxyl groups is 1. The monoisotopic (exact) mass is 745 g/mol. The number of carbonyl (C=O) groups is 2. The Morgan fingerprint density at radius 1 is 0.759 bits per heavy atom. The van der Waals surface area contributed by atoms with Crippen LogP contribution in [0.1, 0.15) is 79.6 Å². The molecule has 0 radical (unpaired) electrons. The molecule has 1 fully saturated rings. The lowest BCUT2D eigenvalue weighted by atomic mass is 9.99. The molecule has 0 aliphatic carbocycles. The van der Waals surface area contributed by atoms with E-state index in [2.05, 4.69) is 44.9 Å². The van der Waals surface area contributed by atoms with Gasteiger partial charge in [0.2, 0.25) is 11.8 Å². The van der Waals surface area contributed by atoms with Crippen LogP contribution in [0.25, 0.3) is 11.1 Å². The maximum Gasteiger partial charge on any atom is 0.224 e. The van der Waals surface area contributed by atoms with E-state index < -0.39 is 6.29 Å². The molecule has 280 valence electrons. The fraction of sp³-hybridized carbons (Fsp3) is 0.302. The predicted molar refractivity (Wildman–Crippen MR) is 212 cm³/mol. The summed E-state index contributed by atoms with van der Waals surface area (Å²) in [7, 11) is 0. The molecule has 1 saturated heterocycles. The van der Waals surface area contributed by atoms with Crippen LogP contribution in [0.3, 0.4) is 0 Å². The number of carbonyl (C=O) groups excluding carboxylic acids is 2. The number of nitrogens with zero attached hydrogens (tertiary/aromatic N) is 2. The Kier molecular flexibility index (Phi) is 14.2. The van der Waals surface area contributed by atoms with E-state index in [1.807, 2.05) is 60.7 Å². The van der Waals surface area contributed by atoms with Gasteiger partial charge in [-0.25, -0.2) is 9.97 Å². The largest absolute Gasteiger partial charge is 0.397 e. The highest BCUT2D eigenvalue weighted by molar-refractivity contribution is 7.99. The molecule has 5 N–H and O–H groups in total. The third-order valence-electron chi connectivity index (χ3n) is 9.28. The van der Waals surface area contributed by atoms with Gasteiger partial charge in [0.05, 0.1) is 30.2 Å². The highest BCUT2D eigenvalue weighted by Crippen LogP contribution is 2.39. The SMILES string of the molecule is Nc1ccccc1NC(=O)CCCCCCC(=O)NCc1cccc(-c2ccc([C@H]3O[C@@H](CSc4ncccn4)C[C@@H](c4ccc(CO)cc4)O3)cc2)c1. The minimum absolute atomic E-state index is 0.00400. The summed E-state index contributed by atoms with van der Waals surface area (Å²) in [6.07, 6.45) is 7.52. The van der Waals surface area contributed by atoms with Gasteiger partial charge in [-0.15, -0.1) is 0 Å². The van der Waals surface area contributed by atoms with E-state index in [0.717, 1.165) is 59.1 Å². The fourth-order valence-corrected chi connectivity index (χ4v) is 7.10. The van der Waals surface area contributed by atoms with Gasteiger partial charge in [-0.1, -0.05) is 103 Å². The van der Waals surface area contributed by atoms with Gasteiger partial charge >= 0.3 is 0 Å². The number of nitrogen functional groups attached to an aromatic ring is 1. The first-order valence-corrected chi connectivity index (χ1v) is 19.4. The molecule has 5 aromatic rings. The van der Waals surface area contributed by atoms with E-state index in [-0.39, 0.29) is 30.6 Å². The Morgan fingerprint density at radius 2 is 1.48 bits per heavy atom. The first-order chi connectivity index (χ1) is 26.4. The molecule has 6 rings (SSSR count). The predicted octanol–water partition coefficient (Wildman–Crippen LogP) is 8.15. The van der Waals surface area contributed by atoms with Crippen LogP contribution in [0.5, 0.6) is 0 Å². The summed E-state index contributed by atoms with van der Waals surface area (Å²) in [5.41, 5.74) is 13.0. The number of benzene rings is 4. The number of para-hydroxylation sites is 2. The van der Waals surface area contributed by atoms with E-state index in [1.54, 1.807) is 42.4 Å². The zero-order valence-electron chi connectivity index (χ0n) is 30.2. The molecule has 10 nitrogen and oxygen atoms in total. The summed E-state index contributed by atoms with van der Waals surface area (Å²) in [6, 6.07) is 33.3. The molecule has 3 atom stereocenters. The summed E-state index contributed by atoms with van der Waals surface area (Å²) < 4.78 is 13.0. The summed E-state index contributed by atoms with van der Waals surface area (Å²) in [6.45, 7) is 0.446. The number of amides is 2. The lowest BCUT2D eigenvalue weighted by molar-refractivity contribution is -0.245. The van der Waals surface area contributed by atoms with Crippen molar-refractivity contribution in [2.45, 2.75) is 81.8 Å². The number of nitrogens with one attached hydrogen (secondary N) is 2. The number of anilines is 2. The minimum atomic E-state index is -0.557. The van der Waals surface area contributed by atoms with Crippen LogP contribution in [0.15, 0.2) is 121 Å². The molecule has 1 aliphatic heterocycles. The van der Waals surface area contributed by atoms with E-state index in [0.29, 0.717) is 48.1 Å². The van der Waals surface area contributed by atoms with Crippen LogP contribution in [-0.2, 0) is 32.2 Å². The van der Waals surface area contributed by atoms with Crippen molar-refractivity contribution in [3.63, 3.8) is 0 Å². The Balaban J connectivity index is 0.975. The topological polar surface area (TPSA) is 149 Å². The van der Waals surface area contributed by atoms with E-state index in [9.17, 15) is 14.7 Å². The summed E-state index contributed by atoms with van der Waals surface area (Å²) in [5, 5.41) is 16.1. The molecular weight excluding hydrogens is 699 g/mol. The molecule has 0 saturated carbocycles. The second-order valence-corrected chi connectivity index (χ2v) is 14.3. The molecule has 0 spiro atoms. The minimum Gasteiger partial charge on any atom is -0.397 e. The molecule has 1 aromatic heterocycles. The number of unbranched alkanes of at least 4 members (excludes halogenated alkanes) is 3. The van der Waals surface area contributed by atoms with Crippen LogP contribution in [-0.4, -0.2) is 38.7 Å². The Hall–Kier alpha value is -5.07. The van der Waals surface area contributed by atoms with Gasteiger partial charge in [0.25, 0.3) is 0 Å². The van der Waals surface area contributed by atoms with Crippen LogP contribution in [0, 0.1) is 0 Å². The zero-order valence-corrected chi connectivity index (χ0v) is 31.0. The van der Waals surface area contributed by atoms with Crippen molar-refractivity contribution in [3.05, 3.63) is 138 Å². The van der Waals surface area contributed by atoms with Crippen LogP contribution < -0.4 is 16.4 Å². The fourth-order valence-electron chi connectivity index (χ4n) is 6.28. The third-order valence-corrected chi connectivity index (χ3v) is 10.3. The quantitative estimate of drug-likeness (QED) is 0.0320. The van der Waals surface area contributed by atoms with Crippen molar-refractivity contribution in [1.82, 2.24) is 15.3 Å². The second kappa shape index (κ2) is 19.8. The van der Waals surface area contributed by atoms with Gasteiger partial charge in [-0.05, 0) is 64.9 Å². The second-order valence-electron chi connectivity index (χ2n) is 13.3. The molecular formula is C43H47N5O5S. The molecule has 1 aliphatic rings. The van der Waals surface area contributed by atoms with Crippen molar-refractivity contribution >= 4 is 35.0 Å². The Bertz CT molecular complexity index is 1940. The molecule has 4 aromatic carbocycles. The van der Waals surface area contributed by atoms with Crippen LogP contribution in [0.4, 0.5) is 11.4 Å². The van der Waals surface area contributed by atoms with Crippen molar-refractivity contribution in [3.8, 4) is 11.1 Å². The first kappa shape index (κ1) is 38.6. The number of hydrogen-bond acceptors (Lipinski definition) is 9. The number of nitrogens with two attached hydrogens (primary N) is 1. The van der Waals surface area contributed by atoms with Crippen LogP contribution in [0.2, 0.25) is 0 Å². The summed E-state index contributed by atoms with van der Waals surface area (Å²) >= 11 is 1.56. The van der Waals surface area contributed by atoms with Gasteiger partial charge in [0.1, 0.15) is 0 Å². The maximum absolute atomic E-state index is 12.6. The van der Waals surface area contributed by atoms with Gasteiger partial charge in [-0.3, -0.25) is 9.59 Å². The molecule has 2 amide bonds. The van der Waals surface area contributed by atoms with Crippen molar-refractivity contribution in [1.29, 1.82) is 0 Å². The Labute approximate surface area is 320 Å². The zero-order chi connectivity index (χ0) is 37.5. The van der Waals surface area contributed by atoms with Crippen molar-refractivity contribution in [2.24, 2.45) is 0 Å². The van der Waals surface area contributed by atoms with Gasteiger partial charge in [0.15, 0.2) is 11.4 Å². The van der Waals surface area contributed by atoms with Crippen molar-refractivity contribution < 1.29 is 24.2 Å². The van der Waals surface area contributed by atoms with E-state index in [1.165, 1.54) is 0 Å². The van der Waals surface area contributed by atoms with Crippen LogP contribution >= 0.6 is 11.8 Å². The van der Waals surface area contributed by atoms with Gasteiger partial charge < -0.3 is 30.9 Å². The maximum atomic E-state index is 12.6. The Morgan fingerprint density at radius 3 is 2.22 bits per heavy atom.